The normalized spacial score (nSPS) is 22.4. The zero-order chi connectivity index (χ0) is 14.7. The van der Waals surface area contributed by atoms with Gasteiger partial charge in [0.05, 0.1) is 5.69 Å². The molecule has 0 amide bonds. The van der Waals surface area contributed by atoms with Crippen LogP contribution in [0.4, 0.5) is 5.82 Å². The van der Waals surface area contributed by atoms with Gasteiger partial charge in [0.1, 0.15) is 0 Å². The molecule has 1 aliphatic rings. The van der Waals surface area contributed by atoms with Gasteiger partial charge in [0.15, 0.2) is 5.82 Å². The minimum Gasteiger partial charge on any atom is -0.368 e. The maximum atomic E-state index is 5.92. The minimum absolute atomic E-state index is 0.649. The van der Waals surface area contributed by atoms with Crippen LogP contribution in [0.15, 0.2) is 24.3 Å². The molecule has 0 bridgehead atoms. The second-order valence-corrected chi connectivity index (χ2v) is 6.10. The van der Waals surface area contributed by atoms with E-state index in [0.29, 0.717) is 11.8 Å². The SMILES string of the molecule is Cc1nnc(NCC2CCCCC2CN)c2ccccc12. The first-order valence-corrected chi connectivity index (χ1v) is 7.95. The molecule has 1 heterocycles. The van der Waals surface area contributed by atoms with Crippen LogP contribution in [0.3, 0.4) is 0 Å². The fourth-order valence-electron chi connectivity index (χ4n) is 3.46. The van der Waals surface area contributed by atoms with Gasteiger partial charge in [-0.3, -0.25) is 0 Å². The number of nitrogens with zero attached hydrogens (tertiary/aromatic N) is 2. The highest BCUT2D eigenvalue weighted by Gasteiger charge is 2.23. The molecule has 0 aliphatic heterocycles. The molecule has 2 unspecified atom stereocenters. The van der Waals surface area contributed by atoms with Crippen molar-refractivity contribution in [1.29, 1.82) is 0 Å². The largest absolute Gasteiger partial charge is 0.368 e. The number of aromatic nitrogens is 2. The van der Waals surface area contributed by atoms with Crippen molar-refractivity contribution in [3.05, 3.63) is 30.0 Å². The first-order valence-electron chi connectivity index (χ1n) is 7.95. The third-order valence-electron chi connectivity index (χ3n) is 4.77. The molecule has 3 rings (SSSR count). The van der Waals surface area contributed by atoms with Crippen LogP contribution < -0.4 is 11.1 Å². The number of fused-ring (bicyclic) bond motifs is 1. The van der Waals surface area contributed by atoms with Crippen molar-refractivity contribution in [3.8, 4) is 0 Å². The number of rotatable bonds is 4. The Morgan fingerprint density at radius 3 is 2.57 bits per heavy atom. The molecule has 4 heteroatoms. The van der Waals surface area contributed by atoms with Crippen LogP contribution in [-0.4, -0.2) is 23.3 Å². The number of nitrogens with two attached hydrogens (primary N) is 1. The van der Waals surface area contributed by atoms with Crippen LogP contribution in [0.2, 0.25) is 0 Å². The highest BCUT2D eigenvalue weighted by molar-refractivity contribution is 5.92. The first kappa shape index (κ1) is 14.3. The number of nitrogens with one attached hydrogen (secondary N) is 1. The summed E-state index contributed by atoms with van der Waals surface area (Å²) in [6, 6.07) is 8.32. The molecule has 2 aromatic rings. The molecule has 1 aliphatic carbocycles. The Labute approximate surface area is 126 Å². The zero-order valence-electron chi connectivity index (χ0n) is 12.7. The second kappa shape index (κ2) is 6.39. The third-order valence-corrected chi connectivity index (χ3v) is 4.77. The van der Waals surface area contributed by atoms with E-state index in [4.69, 9.17) is 5.73 Å². The van der Waals surface area contributed by atoms with E-state index in [1.807, 2.05) is 13.0 Å². The van der Waals surface area contributed by atoms with Crippen LogP contribution in [0, 0.1) is 18.8 Å². The summed E-state index contributed by atoms with van der Waals surface area (Å²) < 4.78 is 0. The van der Waals surface area contributed by atoms with Crippen LogP contribution in [0.1, 0.15) is 31.4 Å². The quantitative estimate of drug-likeness (QED) is 0.905. The van der Waals surface area contributed by atoms with Crippen molar-refractivity contribution in [2.75, 3.05) is 18.4 Å². The molecule has 2 atom stereocenters. The molecule has 4 nitrogen and oxygen atoms in total. The van der Waals surface area contributed by atoms with Crippen LogP contribution >= 0.6 is 0 Å². The average Bonchev–Trinajstić information content (AvgIpc) is 2.55. The summed E-state index contributed by atoms with van der Waals surface area (Å²) in [6.45, 7) is 3.75. The molecule has 0 radical (unpaired) electrons. The fourth-order valence-corrected chi connectivity index (χ4v) is 3.46. The van der Waals surface area contributed by atoms with Gasteiger partial charge in [-0.05, 0) is 38.1 Å². The highest BCUT2D eigenvalue weighted by Crippen LogP contribution is 2.30. The summed E-state index contributed by atoms with van der Waals surface area (Å²) in [4.78, 5) is 0. The Balaban J connectivity index is 1.77. The molecular formula is C17H24N4. The Hall–Kier alpha value is -1.68. The molecule has 3 N–H and O–H groups in total. The third kappa shape index (κ3) is 3.00. The summed E-state index contributed by atoms with van der Waals surface area (Å²) in [5.74, 6) is 2.21. The van der Waals surface area contributed by atoms with Gasteiger partial charge in [-0.15, -0.1) is 5.10 Å². The summed E-state index contributed by atoms with van der Waals surface area (Å²) in [6.07, 6.45) is 5.18. The molecule has 0 saturated heterocycles. The van der Waals surface area contributed by atoms with Crippen molar-refractivity contribution in [2.45, 2.75) is 32.6 Å². The molecule has 1 saturated carbocycles. The van der Waals surface area contributed by atoms with Gasteiger partial charge in [-0.2, -0.15) is 5.10 Å². The molecule has 112 valence electrons. The standard InChI is InChI=1S/C17H24N4/c1-12-15-8-4-5-9-16(15)17(21-20-12)19-11-14-7-3-2-6-13(14)10-18/h4-5,8-9,13-14H,2-3,6-7,10-11,18H2,1H3,(H,19,21). The second-order valence-electron chi connectivity index (χ2n) is 6.10. The number of hydrogen-bond donors (Lipinski definition) is 2. The van der Waals surface area contributed by atoms with E-state index in [0.717, 1.165) is 30.0 Å². The first-order chi connectivity index (χ1) is 10.3. The van der Waals surface area contributed by atoms with Gasteiger partial charge >= 0.3 is 0 Å². The van der Waals surface area contributed by atoms with E-state index in [2.05, 4.69) is 33.7 Å². The van der Waals surface area contributed by atoms with Crippen LogP contribution in [0.25, 0.3) is 10.8 Å². The average molecular weight is 284 g/mol. The predicted molar refractivity (Wildman–Crippen MR) is 87.3 cm³/mol. The topological polar surface area (TPSA) is 63.8 Å². The molecule has 1 aromatic carbocycles. The summed E-state index contributed by atoms with van der Waals surface area (Å²) in [5, 5.41) is 14.5. The lowest BCUT2D eigenvalue weighted by Gasteiger charge is -2.30. The van der Waals surface area contributed by atoms with Crippen molar-refractivity contribution in [1.82, 2.24) is 10.2 Å². The lowest BCUT2D eigenvalue weighted by atomic mass is 9.79. The summed E-state index contributed by atoms with van der Waals surface area (Å²) in [5.41, 5.74) is 6.90. The Morgan fingerprint density at radius 1 is 1.10 bits per heavy atom. The van der Waals surface area contributed by atoms with Crippen molar-refractivity contribution >= 4 is 16.6 Å². The predicted octanol–water partition coefficient (Wildman–Crippen LogP) is 3.12. The number of benzene rings is 1. The molecule has 0 spiro atoms. The van der Waals surface area contributed by atoms with E-state index < -0.39 is 0 Å². The summed E-state index contributed by atoms with van der Waals surface area (Å²) >= 11 is 0. The van der Waals surface area contributed by atoms with Gasteiger partial charge < -0.3 is 11.1 Å². The van der Waals surface area contributed by atoms with Crippen molar-refractivity contribution in [3.63, 3.8) is 0 Å². The number of anilines is 1. The fraction of sp³-hybridized carbons (Fsp3) is 0.529. The van der Waals surface area contributed by atoms with Gasteiger partial charge in [0.2, 0.25) is 0 Å². The van der Waals surface area contributed by atoms with Gasteiger partial charge in [0, 0.05) is 17.3 Å². The molecule has 1 aromatic heterocycles. The van der Waals surface area contributed by atoms with E-state index in [1.54, 1.807) is 0 Å². The maximum absolute atomic E-state index is 5.92. The van der Waals surface area contributed by atoms with Crippen LogP contribution in [-0.2, 0) is 0 Å². The zero-order valence-corrected chi connectivity index (χ0v) is 12.7. The van der Waals surface area contributed by atoms with E-state index in [9.17, 15) is 0 Å². The van der Waals surface area contributed by atoms with E-state index in [1.165, 1.54) is 31.1 Å². The van der Waals surface area contributed by atoms with Gasteiger partial charge in [-0.1, -0.05) is 37.1 Å². The Bertz CT molecular complexity index is 611. The van der Waals surface area contributed by atoms with E-state index in [-0.39, 0.29) is 0 Å². The van der Waals surface area contributed by atoms with E-state index >= 15 is 0 Å². The summed E-state index contributed by atoms with van der Waals surface area (Å²) in [7, 11) is 0. The van der Waals surface area contributed by atoms with Crippen molar-refractivity contribution < 1.29 is 0 Å². The van der Waals surface area contributed by atoms with Gasteiger partial charge in [0.25, 0.3) is 0 Å². The Kier molecular flexibility index (Phi) is 4.34. The molecule has 21 heavy (non-hydrogen) atoms. The molecule has 1 fully saturated rings. The molecular weight excluding hydrogens is 260 g/mol. The lowest BCUT2D eigenvalue weighted by Crippen LogP contribution is -2.31. The number of hydrogen-bond acceptors (Lipinski definition) is 4. The maximum Gasteiger partial charge on any atom is 0.156 e. The monoisotopic (exact) mass is 284 g/mol. The van der Waals surface area contributed by atoms with Crippen molar-refractivity contribution in [2.24, 2.45) is 17.6 Å². The minimum atomic E-state index is 0.649. The smallest absolute Gasteiger partial charge is 0.156 e. The Morgan fingerprint density at radius 2 is 1.81 bits per heavy atom. The van der Waals surface area contributed by atoms with Gasteiger partial charge in [-0.25, -0.2) is 0 Å². The lowest BCUT2D eigenvalue weighted by molar-refractivity contribution is 0.255. The highest BCUT2D eigenvalue weighted by atomic mass is 15.2. The van der Waals surface area contributed by atoms with Crippen LogP contribution in [0.5, 0.6) is 0 Å². The number of aryl methyl sites for hydroxylation is 1.